The fourth-order valence-corrected chi connectivity index (χ4v) is 16.7. The SMILES string of the molecule is B[PH](C[C@@H]1[C@@H](CCO)[C@@H](O)C[C@@H]1[PH](B)(c1ccccc1)c1ccccc1)(c1ccccc1)c1ccccc1. The molecule has 0 heterocycles. The first-order valence-corrected chi connectivity index (χ1v) is 19.3. The Morgan fingerprint density at radius 2 is 1.00 bits per heavy atom. The van der Waals surface area contributed by atoms with Crippen LogP contribution in [0.1, 0.15) is 12.8 Å². The van der Waals surface area contributed by atoms with E-state index >= 15 is 0 Å². The summed E-state index contributed by atoms with van der Waals surface area (Å²) in [5, 5.41) is 27.5. The van der Waals surface area contributed by atoms with Crippen LogP contribution in [0.25, 0.3) is 0 Å². The molecular formula is C32H40B2O2P2. The first-order chi connectivity index (χ1) is 18.5. The molecule has 1 aliphatic carbocycles. The number of hydrogen-bond donors (Lipinski definition) is 2. The molecule has 0 aliphatic heterocycles. The molecule has 0 saturated heterocycles. The van der Waals surface area contributed by atoms with E-state index in [9.17, 15) is 10.2 Å². The van der Waals surface area contributed by atoms with E-state index in [0.29, 0.717) is 18.0 Å². The minimum absolute atomic E-state index is 0.100. The van der Waals surface area contributed by atoms with Crippen molar-refractivity contribution in [3.05, 3.63) is 121 Å². The van der Waals surface area contributed by atoms with Gasteiger partial charge in [0.15, 0.2) is 0 Å². The topological polar surface area (TPSA) is 40.5 Å². The first-order valence-electron chi connectivity index (χ1n) is 14.0. The van der Waals surface area contributed by atoms with Crippen molar-refractivity contribution in [1.29, 1.82) is 0 Å². The molecule has 1 saturated carbocycles. The van der Waals surface area contributed by atoms with E-state index in [1.807, 2.05) is 0 Å². The van der Waals surface area contributed by atoms with Crippen molar-refractivity contribution in [2.24, 2.45) is 11.8 Å². The third-order valence-corrected chi connectivity index (χ3v) is 19.2. The molecular weight excluding hydrogens is 500 g/mol. The summed E-state index contributed by atoms with van der Waals surface area (Å²) in [6, 6.07) is 44.3. The Balaban J connectivity index is 1.67. The fraction of sp³-hybridized carbons (Fsp3) is 0.250. The number of aliphatic hydroxyl groups excluding tert-OH is 2. The molecule has 0 radical (unpaired) electrons. The van der Waals surface area contributed by atoms with Gasteiger partial charge in [-0.1, -0.05) is 0 Å². The summed E-state index contributed by atoms with van der Waals surface area (Å²) < 4.78 is 0. The van der Waals surface area contributed by atoms with E-state index < -0.39 is 14.3 Å². The number of aliphatic hydroxyl groups is 2. The van der Waals surface area contributed by atoms with Crippen LogP contribution in [0.3, 0.4) is 0 Å². The summed E-state index contributed by atoms with van der Waals surface area (Å²) in [7, 11) is 0.609. The van der Waals surface area contributed by atoms with Crippen LogP contribution in [0, 0.1) is 11.8 Å². The van der Waals surface area contributed by atoms with Gasteiger partial charge in [0.1, 0.15) is 0 Å². The van der Waals surface area contributed by atoms with Gasteiger partial charge in [0.2, 0.25) is 0 Å². The Bertz CT molecular complexity index is 1210. The van der Waals surface area contributed by atoms with Gasteiger partial charge in [-0.25, -0.2) is 0 Å². The average molecular weight is 540 g/mol. The van der Waals surface area contributed by atoms with Crippen molar-refractivity contribution in [1.82, 2.24) is 0 Å². The molecule has 2 nitrogen and oxygen atoms in total. The van der Waals surface area contributed by atoms with Crippen LogP contribution < -0.4 is 21.2 Å². The Hall–Kier alpha value is -2.21. The molecule has 2 N–H and O–H groups in total. The molecule has 0 aromatic heterocycles. The van der Waals surface area contributed by atoms with Gasteiger partial charge in [0, 0.05) is 0 Å². The third kappa shape index (κ3) is 5.17. The standard InChI is InChI=1S/C32H40B2O2P2/c33-37(25-13-5-1-6-14-25,26-15-7-2-8-16-26)24-30-29(21-22-35)31(36)23-32(30)38(34,27-17-9-3-10-18-27)28-19-11-4-12-20-28/h1-20,29-32,35-38H,21-24,33-34H2/t29-,30-,31+,32+/m1/s1. The zero-order valence-corrected chi connectivity index (χ0v) is 24.6. The monoisotopic (exact) mass is 540 g/mol. The molecule has 4 aromatic rings. The molecule has 196 valence electrons. The van der Waals surface area contributed by atoms with E-state index in [2.05, 4.69) is 136 Å². The maximum atomic E-state index is 11.6. The van der Waals surface area contributed by atoms with Gasteiger partial charge in [0.05, 0.1) is 0 Å². The van der Waals surface area contributed by atoms with Crippen LogP contribution in [0.2, 0.25) is 0 Å². The van der Waals surface area contributed by atoms with Crippen LogP contribution in [0.15, 0.2) is 121 Å². The Morgan fingerprint density at radius 3 is 1.39 bits per heavy atom. The molecule has 0 spiro atoms. The summed E-state index contributed by atoms with van der Waals surface area (Å²) in [5.41, 5.74) is 0.373. The van der Waals surface area contributed by atoms with Crippen molar-refractivity contribution in [3.63, 3.8) is 0 Å². The van der Waals surface area contributed by atoms with Crippen molar-refractivity contribution < 1.29 is 10.2 Å². The van der Waals surface area contributed by atoms with Crippen LogP contribution in [0.4, 0.5) is 0 Å². The zero-order valence-electron chi connectivity index (χ0n) is 22.6. The second kappa shape index (κ2) is 11.9. The van der Waals surface area contributed by atoms with Crippen molar-refractivity contribution in [2.45, 2.75) is 24.6 Å². The molecule has 5 rings (SSSR count). The van der Waals surface area contributed by atoms with E-state index in [4.69, 9.17) is 0 Å². The Labute approximate surface area is 230 Å². The first kappa shape index (κ1) is 27.4. The van der Waals surface area contributed by atoms with E-state index in [-0.39, 0.29) is 18.6 Å². The number of hydrogen-bond acceptors (Lipinski definition) is 2. The van der Waals surface area contributed by atoms with Crippen LogP contribution in [-0.2, 0) is 0 Å². The number of rotatable bonds is 9. The Kier molecular flexibility index (Phi) is 8.56. The maximum absolute atomic E-state index is 11.6. The zero-order chi connectivity index (χ0) is 26.6. The normalized spacial score (nSPS) is 22.7. The molecule has 4 aromatic carbocycles. The van der Waals surface area contributed by atoms with Crippen LogP contribution >= 0.6 is 14.3 Å². The van der Waals surface area contributed by atoms with E-state index in [0.717, 1.165) is 12.6 Å². The molecule has 1 aliphatic rings. The summed E-state index contributed by atoms with van der Waals surface area (Å²) in [6.45, 7) is 0.120. The minimum atomic E-state index is -2.27. The predicted molar refractivity (Wildman–Crippen MR) is 176 cm³/mol. The second-order valence-corrected chi connectivity index (χ2v) is 20.0. The summed E-state index contributed by atoms with van der Waals surface area (Å²) in [5.74, 6) is 0.426. The van der Waals surface area contributed by atoms with Crippen LogP contribution in [-0.4, -0.2) is 49.9 Å². The van der Waals surface area contributed by atoms with Gasteiger partial charge in [-0.15, -0.1) is 0 Å². The Morgan fingerprint density at radius 1 is 0.605 bits per heavy atom. The summed E-state index contributed by atoms with van der Waals surface area (Å²) in [4.78, 5) is 0. The van der Waals surface area contributed by atoms with E-state index in [1.165, 1.54) is 21.2 Å². The second-order valence-electron chi connectivity index (χ2n) is 11.5. The summed E-state index contributed by atoms with van der Waals surface area (Å²) >= 11 is 0. The molecule has 6 heteroatoms. The quantitative estimate of drug-likeness (QED) is 0.253. The predicted octanol–water partition coefficient (Wildman–Crippen LogP) is 2.63. The van der Waals surface area contributed by atoms with E-state index in [1.54, 1.807) is 0 Å². The van der Waals surface area contributed by atoms with Crippen molar-refractivity contribution >= 4 is 50.6 Å². The van der Waals surface area contributed by atoms with Gasteiger partial charge in [-0.2, -0.15) is 0 Å². The van der Waals surface area contributed by atoms with Gasteiger partial charge in [-0.3, -0.25) is 0 Å². The fourth-order valence-electron chi connectivity index (χ4n) is 7.36. The molecule has 38 heavy (non-hydrogen) atoms. The van der Waals surface area contributed by atoms with Crippen molar-refractivity contribution in [3.8, 4) is 0 Å². The van der Waals surface area contributed by atoms with Gasteiger partial charge in [-0.05, 0) is 0 Å². The van der Waals surface area contributed by atoms with Gasteiger partial charge in [0.25, 0.3) is 0 Å². The average Bonchev–Trinajstić information content (AvgIpc) is 3.29. The molecule has 0 unspecified atom stereocenters. The van der Waals surface area contributed by atoms with Crippen molar-refractivity contribution in [2.75, 3.05) is 12.8 Å². The molecule has 1 fully saturated rings. The summed E-state index contributed by atoms with van der Waals surface area (Å²) in [6.07, 6.45) is 2.14. The molecule has 0 bridgehead atoms. The van der Waals surface area contributed by atoms with Gasteiger partial charge >= 0.3 is 231 Å². The van der Waals surface area contributed by atoms with Gasteiger partial charge < -0.3 is 0 Å². The number of benzene rings is 4. The van der Waals surface area contributed by atoms with Crippen LogP contribution in [0.5, 0.6) is 0 Å². The molecule has 0 amide bonds. The molecule has 4 atom stereocenters. The third-order valence-electron chi connectivity index (χ3n) is 9.47.